The topological polar surface area (TPSA) is 46.3 Å². The first kappa shape index (κ1) is 9.97. The van der Waals surface area contributed by atoms with Gasteiger partial charge in [0.05, 0.1) is 0 Å². The first-order valence-electron chi connectivity index (χ1n) is 5.70. The van der Waals surface area contributed by atoms with Crippen LogP contribution in [0.25, 0.3) is 0 Å². The van der Waals surface area contributed by atoms with Gasteiger partial charge in [-0.05, 0) is 38.5 Å². The van der Waals surface area contributed by atoms with Crippen molar-refractivity contribution in [2.24, 2.45) is 11.7 Å². The molecule has 0 bridgehead atoms. The fourth-order valence-corrected chi connectivity index (χ4v) is 2.30. The van der Waals surface area contributed by atoms with Crippen LogP contribution in [0.5, 0.6) is 0 Å². The number of nitrogens with zero attached hydrogens (tertiary/aromatic N) is 1. The summed E-state index contributed by atoms with van der Waals surface area (Å²) in [5, 5.41) is 0. The Bertz CT molecular complexity index is 217. The number of rotatable bonds is 2. The maximum atomic E-state index is 12.0. The van der Waals surface area contributed by atoms with Crippen LogP contribution in [-0.2, 0) is 4.79 Å². The molecular weight excluding hydrogens is 176 g/mol. The highest BCUT2D eigenvalue weighted by molar-refractivity contribution is 5.79. The highest BCUT2D eigenvalue weighted by Gasteiger charge is 2.34. The van der Waals surface area contributed by atoms with Gasteiger partial charge in [-0.15, -0.1) is 0 Å². The Hall–Kier alpha value is -0.570. The van der Waals surface area contributed by atoms with Crippen molar-refractivity contribution in [3.63, 3.8) is 0 Å². The Labute approximate surface area is 85.6 Å². The molecule has 0 aromatic rings. The third kappa shape index (κ3) is 2.08. The van der Waals surface area contributed by atoms with E-state index in [1.807, 2.05) is 11.9 Å². The zero-order chi connectivity index (χ0) is 10.1. The molecule has 3 heteroatoms. The molecule has 2 rings (SSSR count). The van der Waals surface area contributed by atoms with E-state index in [0.29, 0.717) is 18.0 Å². The molecular formula is C11H20N2O. The van der Waals surface area contributed by atoms with E-state index in [0.717, 1.165) is 25.7 Å². The van der Waals surface area contributed by atoms with Crippen molar-refractivity contribution >= 4 is 5.91 Å². The number of carbonyl (C=O) groups excluding carboxylic acids is 1. The first-order valence-corrected chi connectivity index (χ1v) is 5.70. The van der Waals surface area contributed by atoms with Crippen LogP contribution in [-0.4, -0.2) is 29.9 Å². The number of hydrogen-bond donors (Lipinski definition) is 1. The summed E-state index contributed by atoms with van der Waals surface area (Å²) >= 11 is 0. The first-order chi connectivity index (χ1) is 6.68. The molecule has 2 fully saturated rings. The molecule has 14 heavy (non-hydrogen) atoms. The molecule has 0 aromatic carbocycles. The van der Waals surface area contributed by atoms with Crippen LogP contribution in [0.2, 0.25) is 0 Å². The van der Waals surface area contributed by atoms with Gasteiger partial charge in [-0.25, -0.2) is 0 Å². The van der Waals surface area contributed by atoms with Crippen LogP contribution < -0.4 is 5.73 Å². The van der Waals surface area contributed by atoms with E-state index < -0.39 is 0 Å². The molecule has 0 radical (unpaired) electrons. The molecule has 2 N–H and O–H groups in total. The molecule has 2 aliphatic rings. The summed E-state index contributed by atoms with van der Waals surface area (Å²) in [5.41, 5.74) is 5.82. The van der Waals surface area contributed by atoms with Gasteiger partial charge in [0.25, 0.3) is 0 Å². The molecule has 0 atom stereocenters. The van der Waals surface area contributed by atoms with Crippen molar-refractivity contribution in [1.29, 1.82) is 0 Å². The Morgan fingerprint density at radius 2 is 1.71 bits per heavy atom. The maximum absolute atomic E-state index is 12.0. The summed E-state index contributed by atoms with van der Waals surface area (Å²) in [7, 11) is 1.95. The molecule has 0 aliphatic heterocycles. The van der Waals surface area contributed by atoms with Crippen LogP contribution in [0.4, 0.5) is 0 Å². The van der Waals surface area contributed by atoms with E-state index in [2.05, 4.69) is 0 Å². The van der Waals surface area contributed by atoms with Crippen LogP contribution in [0.3, 0.4) is 0 Å². The molecule has 2 aliphatic carbocycles. The lowest BCUT2D eigenvalue weighted by molar-refractivity contribution is -0.135. The Morgan fingerprint density at radius 3 is 2.21 bits per heavy atom. The molecule has 1 amide bonds. The normalized spacial score (nSPS) is 32.7. The standard InChI is InChI=1S/C11H20N2O/c1-13(10-6-7-10)11(14)8-2-4-9(12)5-3-8/h8-10H,2-7,12H2,1H3. The summed E-state index contributed by atoms with van der Waals surface area (Å²) < 4.78 is 0. The van der Waals surface area contributed by atoms with Crippen LogP contribution >= 0.6 is 0 Å². The molecule has 0 unspecified atom stereocenters. The van der Waals surface area contributed by atoms with E-state index >= 15 is 0 Å². The lowest BCUT2D eigenvalue weighted by atomic mass is 9.85. The van der Waals surface area contributed by atoms with Gasteiger partial charge in [0, 0.05) is 25.0 Å². The second-order valence-electron chi connectivity index (χ2n) is 4.79. The molecule has 0 spiro atoms. The zero-order valence-electron chi connectivity index (χ0n) is 8.91. The molecule has 2 saturated carbocycles. The molecule has 0 heterocycles. The Balaban J connectivity index is 1.84. The number of hydrogen-bond acceptors (Lipinski definition) is 2. The summed E-state index contributed by atoms with van der Waals surface area (Å²) in [6, 6.07) is 0.892. The Kier molecular flexibility index (Phi) is 2.77. The van der Waals surface area contributed by atoms with Crippen molar-refractivity contribution < 1.29 is 4.79 Å². The quantitative estimate of drug-likeness (QED) is 0.719. The van der Waals surface area contributed by atoms with E-state index in [-0.39, 0.29) is 5.92 Å². The molecule has 80 valence electrons. The van der Waals surface area contributed by atoms with Crippen LogP contribution in [0.15, 0.2) is 0 Å². The lowest BCUT2D eigenvalue weighted by Gasteiger charge is -2.28. The molecule has 0 aromatic heterocycles. The minimum Gasteiger partial charge on any atom is -0.343 e. The van der Waals surface area contributed by atoms with Crippen molar-refractivity contribution in [2.75, 3.05) is 7.05 Å². The smallest absolute Gasteiger partial charge is 0.225 e. The number of amides is 1. The van der Waals surface area contributed by atoms with E-state index in [1.54, 1.807) is 0 Å². The van der Waals surface area contributed by atoms with Gasteiger partial charge in [-0.3, -0.25) is 4.79 Å². The van der Waals surface area contributed by atoms with Gasteiger partial charge < -0.3 is 10.6 Å². The second-order valence-corrected chi connectivity index (χ2v) is 4.79. The Morgan fingerprint density at radius 1 is 1.14 bits per heavy atom. The van der Waals surface area contributed by atoms with E-state index in [1.165, 1.54) is 12.8 Å². The van der Waals surface area contributed by atoms with Crippen molar-refractivity contribution in [3.05, 3.63) is 0 Å². The minimum atomic E-state index is 0.264. The van der Waals surface area contributed by atoms with Gasteiger partial charge in [0.2, 0.25) is 5.91 Å². The molecule has 0 saturated heterocycles. The SMILES string of the molecule is CN(C(=O)C1CCC(N)CC1)C1CC1. The van der Waals surface area contributed by atoms with Gasteiger partial charge in [0.1, 0.15) is 0 Å². The second kappa shape index (κ2) is 3.89. The van der Waals surface area contributed by atoms with Crippen molar-refractivity contribution in [2.45, 2.75) is 50.6 Å². The number of nitrogens with two attached hydrogens (primary N) is 1. The summed E-state index contributed by atoms with van der Waals surface area (Å²) in [6.45, 7) is 0. The number of carbonyl (C=O) groups is 1. The average Bonchev–Trinajstić information content (AvgIpc) is 3.00. The van der Waals surface area contributed by atoms with Crippen molar-refractivity contribution in [3.8, 4) is 0 Å². The van der Waals surface area contributed by atoms with Crippen LogP contribution in [0, 0.1) is 5.92 Å². The summed E-state index contributed by atoms with van der Waals surface area (Å²) in [6.07, 6.45) is 6.45. The van der Waals surface area contributed by atoms with Crippen molar-refractivity contribution in [1.82, 2.24) is 4.90 Å². The summed E-state index contributed by atoms with van der Waals surface area (Å²) in [4.78, 5) is 13.9. The minimum absolute atomic E-state index is 0.264. The summed E-state index contributed by atoms with van der Waals surface area (Å²) in [5.74, 6) is 0.625. The monoisotopic (exact) mass is 196 g/mol. The zero-order valence-corrected chi connectivity index (χ0v) is 8.91. The predicted molar refractivity (Wildman–Crippen MR) is 55.7 cm³/mol. The fraction of sp³-hybridized carbons (Fsp3) is 0.909. The van der Waals surface area contributed by atoms with Gasteiger partial charge in [0.15, 0.2) is 0 Å². The van der Waals surface area contributed by atoms with Gasteiger partial charge >= 0.3 is 0 Å². The predicted octanol–water partition coefficient (Wildman–Crippen LogP) is 1.12. The highest BCUT2D eigenvalue weighted by Crippen LogP contribution is 2.30. The van der Waals surface area contributed by atoms with E-state index in [4.69, 9.17) is 5.73 Å². The third-order valence-corrected chi connectivity index (χ3v) is 3.56. The lowest BCUT2D eigenvalue weighted by Crippen LogP contribution is -2.38. The highest BCUT2D eigenvalue weighted by atomic mass is 16.2. The maximum Gasteiger partial charge on any atom is 0.225 e. The third-order valence-electron chi connectivity index (χ3n) is 3.56. The van der Waals surface area contributed by atoms with E-state index in [9.17, 15) is 4.79 Å². The largest absolute Gasteiger partial charge is 0.343 e. The molecule has 3 nitrogen and oxygen atoms in total. The van der Waals surface area contributed by atoms with Gasteiger partial charge in [-0.2, -0.15) is 0 Å². The fourth-order valence-electron chi connectivity index (χ4n) is 2.30. The van der Waals surface area contributed by atoms with Crippen LogP contribution in [0.1, 0.15) is 38.5 Å². The van der Waals surface area contributed by atoms with Gasteiger partial charge in [-0.1, -0.05) is 0 Å². The average molecular weight is 196 g/mol.